The number of anilines is 3. The summed E-state index contributed by atoms with van der Waals surface area (Å²) < 4.78 is 0. The van der Waals surface area contributed by atoms with Gasteiger partial charge in [-0.25, -0.2) is 0 Å². The Hall–Kier alpha value is -3.09. The van der Waals surface area contributed by atoms with Crippen LogP contribution in [-0.2, 0) is 0 Å². The molecule has 0 bridgehead atoms. The first-order valence-electron chi connectivity index (χ1n) is 8.08. The van der Waals surface area contributed by atoms with Crippen LogP contribution in [0.3, 0.4) is 0 Å². The number of amides is 1. The molecule has 130 valence electrons. The van der Waals surface area contributed by atoms with Crippen LogP contribution in [0.5, 0.6) is 0 Å². The van der Waals surface area contributed by atoms with Gasteiger partial charge in [0.25, 0.3) is 11.6 Å². The predicted octanol–water partition coefficient (Wildman–Crippen LogP) is 3.49. The summed E-state index contributed by atoms with van der Waals surface area (Å²) in [4.78, 5) is 25.2. The zero-order valence-corrected chi connectivity index (χ0v) is 14.2. The fraction of sp³-hybridized carbons (Fsp3) is 0.278. The van der Waals surface area contributed by atoms with Gasteiger partial charge < -0.3 is 15.5 Å². The molecule has 1 aliphatic carbocycles. The average molecular weight is 340 g/mol. The van der Waals surface area contributed by atoms with Crippen LogP contribution in [-0.4, -0.2) is 31.0 Å². The van der Waals surface area contributed by atoms with Gasteiger partial charge in [-0.15, -0.1) is 0 Å². The molecular formula is C18H20N4O3. The number of benzene rings is 2. The molecule has 0 heterocycles. The molecule has 0 unspecified atom stereocenters. The molecule has 1 aliphatic rings. The van der Waals surface area contributed by atoms with Gasteiger partial charge in [-0.1, -0.05) is 0 Å². The van der Waals surface area contributed by atoms with Crippen molar-refractivity contribution in [1.82, 2.24) is 0 Å². The molecule has 25 heavy (non-hydrogen) atoms. The maximum atomic E-state index is 12.4. The Morgan fingerprint density at radius 3 is 2.40 bits per heavy atom. The molecule has 1 saturated carbocycles. The van der Waals surface area contributed by atoms with E-state index in [0.29, 0.717) is 17.4 Å². The van der Waals surface area contributed by atoms with Crippen LogP contribution in [0.15, 0.2) is 42.5 Å². The summed E-state index contributed by atoms with van der Waals surface area (Å²) in [6.45, 7) is 0. The molecule has 7 nitrogen and oxygen atoms in total. The molecule has 2 N–H and O–H groups in total. The number of nitrogens with zero attached hydrogens (tertiary/aromatic N) is 2. The Morgan fingerprint density at radius 1 is 1.16 bits per heavy atom. The van der Waals surface area contributed by atoms with Crippen LogP contribution in [0.4, 0.5) is 22.7 Å². The van der Waals surface area contributed by atoms with Crippen molar-refractivity contribution < 1.29 is 9.72 Å². The van der Waals surface area contributed by atoms with E-state index in [1.807, 2.05) is 31.1 Å². The minimum Gasteiger partial charge on any atom is -0.378 e. The number of hydrogen-bond acceptors (Lipinski definition) is 5. The van der Waals surface area contributed by atoms with Gasteiger partial charge in [-0.05, 0) is 49.2 Å². The standard InChI is InChI=1S/C18H20N4O3/c1-21(2)15-8-6-14(7-9-15)20-18(23)12-3-10-16(19-13-4-5-13)17(11-12)22(24)25/h3,6-11,13,19H,4-5H2,1-2H3,(H,20,23). The van der Waals surface area contributed by atoms with Crippen LogP contribution < -0.4 is 15.5 Å². The second-order valence-corrected chi connectivity index (χ2v) is 6.30. The van der Waals surface area contributed by atoms with Crippen molar-refractivity contribution in [1.29, 1.82) is 0 Å². The average Bonchev–Trinajstić information content (AvgIpc) is 3.39. The van der Waals surface area contributed by atoms with Crippen molar-refractivity contribution in [3.05, 3.63) is 58.1 Å². The number of nitro groups is 1. The quantitative estimate of drug-likeness (QED) is 0.621. The van der Waals surface area contributed by atoms with Gasteiger partial charge in [0, 0.05) is 43.1 Å². The summed E-state index contributed by atoms with van der Waals surface area (Å²) in [5.41, 5.74) is 2.29. The molecular weight excluding hydrogens is 320 g/mol. The molecule has 1 fully saturated rings. The fourth-order valence-electron chi connectivity index (χ4n) is 2.44. The van der Waals surface area contributed by atoms with Crippen molar-refractivity contribution in [2.45, 2.75) is 18.9 Å². The number of carbonyl (C=O) groups is 1. The first-order valence-corrected chi connectivity index (χ1v) is 8.08. The van der Waals surface area contributed by atoms with Crippen molar-refractivity contribution in [3.63, 3.8) is 0 Å². The van der Waals surface area contributed by atoms with E-state index in [-0.39, 0.29) is 17.2 Å². The summed E-state index contributed by atoms with van der Waals surface area (Å²) in [5.74, 6) is -0.376. The Kier molecular flexibility index (Phi) is 4.56. The Balaban J connectivity index is 1.76. The van der Waals surface area contributed by atoms with E-state index >= 15 is 0 Å². The molecule has 0 aliphatic heterocycles. The van der Waals surface area contributed by atoms with Gasteiger partial charge in [0.2, 0.25) is 0 Å². The maximum absolute atomic E-state index is 12.4. The summed E-state index contributed by atoms with van der Waals surface area (Å²) >= 11 is 0. The molecule has 7 heteroatoms. The SMILES string of the molecule is CN(C)c1ccc(NC(=O)c2ccc(NC3CC3)c([N+](=O)[O-])c2)cc1. The lowest BCUT2D eigenvalue weighted by molar-refractivity contribution is -0.384. The third-order valence-corrected chi connectivity index (χ3v) is 4.04. The van der Waals surface area contributed by atoms with E-state index in [4.69, 9.17) is 0 Å². The topological polar surface area (TPSA) is 87.5 Å². The monoisotopic (exact) mass is 340 g/mol. The summed E-state index contributed by atoms with van der Waals surface area (Å²) in [6, 6.07) is 12.2. The number of nitro benzene ring substituents is 1. The third kappa shape index (κ3) is 4.06. The Labute approximate surface area is 145 Å². The second-order valence-electron chi connectivity index (χ2n) is 6.30. The molecule has 1 amide bonds. The van der Waals surface area contributed by atoms with E-state index in [9.17, 15) is 14.9 Å². The molecule has 3 rings (SSSR count). The molecule has 2 aromatic rings. The minimum atomic E-state index is -0.465. The van der Waals surface area contributed by atoms with Gasteiger partial charge >= 0.3 is 0 Å². The summed E-state index contributed by atoms with van der Waals surface area (Å²) in [5, 5.41) is 17.2. The molecule has 0 saturated heterocycles. The fourth-order valence-corrected chi connectivity index (χ4v) is 2.44. The van der Waals surface area contributed by atoms with Gasteiger partial charge in [0.15, 0.2) is 0 Å². The Morgan fingerprint density at radius 2 is 1.84 bits per heavy atom. The summed E-state index contributed by atoms with van der Waals surface area (Å²) in [6.07, 6.45) is 2.03. The van der Waals surface area contributed by atoms with Crippen LogP contribution >= 0.6 is 0 Å². The molecule has 0 aromatic heterocycles. The minimum absolute atomic E-state index is 0.0810. The third-order valence-electron chi connectivity index (χ3n) is 4.04. The maximum Gasteiger partial charge on any atom is 0.293 e. The van der Waals surface area contributed by atoms with Crippen molar-refractivity contribution in [3.8, 4) is 0 Å². The highest BCUT2D eigenvalue weighted by Crippen LogP contribution is 2.31. The normalized spacial score (nSPS) is 13.2. The van der Waals surface area contributed by atoms with Crippen LogP contribution in [0.1, 0.15) is 23.2 Å². The largest absolute Gasteiger partial charge is 0.378 e. The van der Waals surface area contributed by atoms with Crippen LogP contribution in [0.2, 0.25) is 0 Å². The van der Waals surface area contributed by atoms with E-state index in [0.717, 1.165) is 18.5 Å². The van der Waals surface area contributed by atoms with Gasteiger partial charge in [-0.2, -0.15) is 0 Å². The first kappa shape index (κ1) is 16.8. The number of nitrogens with one attached hydrogen (secondary N) is 2. The Bertz CT molecular complexity index is 798. The van der Waals surface area contributed by atoms with E-state index in [1.165, 1.54) is 6.07 Å². The molecule has 0 spiro atoms. The summed E-state index contributed by atoms with van der Waals surface area (Å²) in [7, 11) is 3.87. The number of rotatable bonds is 6. The highest BCUT2D eigenvalue weighted by atomic mass is 16.6. The van der Waals surface area contributed by atoms with E-state index < -0.39 is 4.92 Å². The lowest BCUT2D eigenvalue weighted by Crippen LogP contribution is -2.13. The first-order chi connectivity index (χ1) is 11.9. The smallest absolute Gasteiger partial charge is 0.293 e. The lowest BCUT2D eigenvalue weighted by atomic mass is 10.1. The van der Waals surface area contributed by atoms with Crippen LogP contribution in [0, 0.1) is 10.1 Å². The van der Waals surface area contributed by atoms with Gasteiger partial charge in [0.05, 0.1) is 4.92 Å². The van der Waals surface area contributed by atoms with Gasteiger partial charge in [0.1, 0.15) is 5.69 Å². The zero-order valence-electron chi connectivity index (χ0n) is 14.2. The number of carbonyl (C=O) groups excluding carboxylic acids is 1. The van der Waals surface area contributed by atoms with Crippen molar-refractivity contribution in [2.24, 2.45) is 0 Å². The highest BCUT2D eigenvalue weighted by molar-refractivity contribution is 6.05. The molecule has 0 atom stereocenters. The van der Waals surface area contributed by atoms with Crippen molar-refractivity contribution in [2.75, 3.05) is 29.6 Å². The predicted molar refractivity (Wildman–Crippen MR) is 98.5 cm³/mol. The lowest BCUT2D eigenvalue weighted by Gasteiger charge is -2.13. The zero-order chi connectivity index (χ0) is 18.0. The van der Waals surface area contributed by atoms with E-state index in [1.54, 1.807) is 24.3 Å². The number of hydrogen-bond donors (Lipinski definition) is 2. The van der Waals surface area contributed by atoms with Gasteiger partial charge in [-0.3, -0.25) is 14.9 Å². The molecule has 2 aromatic carbocycles. The highest BCUT2D eigenvalue weighted by Gasteiger charge is 2.25. The second kappa shape index (κ2) is 6.80. The van der Waals surface area contributed by atoms with E-state index in [2.05, 4.69) is 10.6 Å². The molecule has 0 radical (unpaired) electrons. The van der Waals surface area contributed by atoms with Crippen molar-refractivity contribution >= 4 is 28.7 Å². The van der Waals surface area contributed by atoms with Crippen LogP contribution in [0.25, 0.3) is 0 Å².